The molecule has 0 saturated heterocycles. The van der Waals surface area contributed by atoms with E-state index in [9.17, 15) is 8.78 Å². The van der Waals surface area contributed by atoms with E-state index in [2.05, 4.69) is 11.1 Å². The summed E-state index contributed by atoms with van der Waals surface area (Å²) >= 11 is 0. The van der Waals surface area contributed by atoms with Gasteiger partial charge < -0.3 is 23.8 Å². The summed E-state index contributed by atoms with van der Waals surface area (Å²) in [6.07, 6.45) is 2.99. The zero-order valence-electron chi connectivity index (χ0n) is 19.3. The fourth-order valence-corrected chi connectivity index (χ4v) is 5.31. The molecule has 0 bridgehead atoms. The van der Waals surface area contributed by atoms with Crippen LogP contribution in [0.5, 0.6) is 23.0 Å². The molecule has 0 aromatic heterocycles. The van der Waals surface area contributed by atoms with Crippen LogP contribution in [-0.4, -0.2) is 32.5 Å². The summed E-state index contributed by atoms with van der Waals surface area (Å²) in [7, 11) is 3.19. The number of nitrogens with zero attached hydrogens (tertiary/aromatic N) is 1. The van der Waals surface area contributed by atoms with Gasteiger partial charge in [-0.1, -0.05) is 12.1 Å². The van der Waals surface area contributed by atoms with Crippen LogP contribution in [0.2, 0.25) is 0 Å². The van der Waals surface area contributed by atoms with Gasteiger partial charge in [0.05, 0.1) is 20.3 Å². The van der Waals surface area contributed by atoms with Crippen molar-refractivity contribution in [3.63, 3.8) is 0 Å². The summed E-state index contributed by atoms with van der Waals surface area (Å²) in [5.74, 6) is 1.51. The monoisotopic (exact) mass is 543 g/mol. The predicted molar refractivity (Wildman–Crippen MR) is 133 cm³/mol. The summed E-state index contributed by atoms with van der Waals surface area (Å²) in [6.45, 7) is 0.927. The van der Waals surface area contributed by atoms with Crippen molar-refractivity contribution in [2.45, 2.75) is 18.9 Å². The van der Waals surface area contributed by atoms with Crippen molar-refractivity contribution < 1.29 is 27.7 Å². The normalized spacial score (nSPS) is 17.0. The molecule has 3 aromatic carbocycles. The van der Waals surface area contributed by atoms with E-state index in [1.165, 1.54) is 18.2 Å². The Balaban J connectivity index is 0.00000253. The third-order valence-corrected chi connectivity index (χ3v) is 6.88. The van der Waals surface area contributed by atoms with Crippen LogP contribution in [-0.2, 0) is 12.8 Å². The molecule has 0 amide bonds. The maximum absolute atomic E-state index is 14.8. The number of hydrogen-bond donors (Lipinski definition) is 0. The van der Waals surface area contributed by atoms with Crippen molar-refractivity contribution in [2.24, 2.45) is 0 Å². The second-order valence-electron chi connectivity index (χ2n) is 8.59. The number of hydrogen-bond acceptors (Lipinski definition) is 5. The lowest BCUT2D eigenvalue weighted by Crippen LogP contribution is -2.44. The number of fused-ring (bicyclic) bond motifs is 5. The summed E-state index contributed by atoms with van der Waals surface area (Å²) in [5.41, 5.74) is 3.14. The fraction of sp³-hybridized carbons (Fsp3) is 0.259. The zero-order chi connectivity index (χ0) is 23.4. The number of ether oxygens (including phenoxy) is 4. The Hall–Kier alpha value is -3.26. The first-order valence-corrected chi connectivity index (χ1v) is 11.2. The van der Waals surface area contributed by atoms with Crippen molar-refractivity contribution in [1.29, 1.82) is 0 Å². The van der Waals surface area contributed by atoms with E-state index in [-0.39, 0.29) is 41.8 Å². The van der Waals surface area contributed by atoms with E-state index in [4.69, 9.17) is 18.9 Å². The molecule has 1 atom stereocenters. The zero-order valence-corrected chi connectivity index (χ0v) is 21.0. The summed E-state index contributed by atoms with van der Waals surface area (Å²) in [5, 5.41) is 1.72. The van der Waals surface area contributed by atoms with Crippen LogP contribution in [0.1, 0.15) is 22.7 Å². The molecule has 0 N–H and O–H groups in total. The molecule has 0 spiro atoms. The molecule has 8 heteroatoms. The number of rotatable bonds is 4. The van der Waals surface area contributed by atoms with E-state index in [0.29, 0.717) is 17.2 Å². The average Bonchev–Trinajstić information content (AvgIpc) is 3.31. The van der Waals surface area contributed by atoms with Gasteiger partial charge in [0.25, 0.3) is 0 Å². The van der Waals surface area contributed by atoms with Crippen LogP contribution in [0, 0.1) is 11.6 Å². The molecule has 3 heterocycles. The van der Waals surface area contributed by atoms with Crippen molar-refractivity contribution >= 4 is 28.8 Å². The van der Waals surface area contributed by atoms with Gasteiger partial charge in [-0.3, -0.25) is 0 Å². The lowest BCUT2D eigenvalue weighted by atomic mass is 9.82. The first-order chi connectivity index (χ1) is 16.6. The van der Waals surface area contributed by atoms with Crippen molar-refractivity contribution in [1.82, 2.24) is 4.90 Å². The third kappa shape index (κ3) is 3.71. The topological polar surface area (TPSA) is 40.2 Å². The molecule has 35 heavy (non-hydrogen) atoms. The Morgan fingerprint density at radius 3 is 2.46 bits per heavy atom. The smallest absolute Gasteiger partial charge is 0.231 e. The van der Waals surface area contributed by atoms with Crippen LogP contribution < -0.4 is 29.4 Å². The van der Waals surface area contributed by atoms with Crippen LogP contribution in [0.15, 0.2) is 42.5 Å². The van der Waals surface area contributed by atoms with Crippen LogP contribution in [0.4, 0.5) is 8.78 Å². The minimum atomic E-state index is -0.558. The first kappa shape index (κ1) is 23.5. The number of benzene rings is 3. The van der Waals surface area contributed by atoms with E-state index < -0.39 is 11.6 Å². The standard InChI is InChI=1S/C27H23F2NO4.BrH/c1-31-23-7-6-16-18(11-19-21(28)4-3-5-22(19)29)26-17-12-25-24(33-14-34-25)10-15(17)8-9-30(26)13-20(16)27(23)32-2;/h3-7,10,12-13,26H,8-9,11,14H2,1-2H3;1H. The molecule has 0 radical (unpaired) electrons. The maximum atomic E-state index is 14.8. The van der Waals surface area contributed by atoms with Crippen molar-refractivity contribution in [3.8, 4) is 23.0 Å². The van der Waals surface area contributed by atoms with Gasteiger partial charge in [-0.05, 0) is 58.7 Å². The van der Waals surface area contributed by atoms with Gasteiger partial charge in [-0.25, -0.2) is 8.78 Å². The van der Waals surface area contributed by atoms with Crippen LogP contribution >= 0.6 is 17.0 Å². The molecular formula is C27H24BrF2NO4. The van der Waals surface area contributed by atoms with E-state index in [0.717, 1.165) is 45.9 Å². The predicted octanol–water partition coefficient (Wildman–Crippen LogP) is 4.03. The fourth-order valence-electron chi connectivity index (χ4n) is 5.31. The molecular weight excluding hydrogens is 520 g/mol. The van der Waals surface area contributed by atoms with Gasteiger partial charge in [-0.2, -0.15) is 0 Å². The first-order valence-electron chi connectivity index (χ1n) is 11.2. The Kier molecular flexibility index (Phi) is 6.09. The average molecular weight is 544 g/mol. The molecule has 3 aliphatic heterocycles. The molecule has 3 aliphatic rings. The summed E-state index contributed by atoms with van der Waals surface area (Å²) in [4.78, 5) is 2.21. The minimum absolute atomic E-state index is 0. The van der Waals surface area contributed by atoms with E-state index in [1.807, 2.05) is 24.3 Å². The highest BCUT2D eigenvalue weighted by molar-refractivity contribution is 8.93. The lowest BCUT2D eigenvalue weighted by Gasteiger charge is -2.40. The maximum Gasteiger partial charge on any atom is 0.231 e. The number of halogens is 3. The van der Waals surface area contributed by atoms with Gasteiger partial charge in [0.1, 0.15) is 11.6 Å². The molecule has 0 aliphatic carbocycles. The summed E-state index contributed by atoms with van der Waals surface area (Å²) in [6, 6.07) is 11.6. The Morgan fingerprint density at radius 1 is 1.00 bits per heavy atom. The van der Waals surface area contributed by atoms with Gasteiger partial charge in [0.2, 0.25) is 6.79 Å². The molecule has 6 rings (SSSR count). The Bertz CT molecular complexity index is 1420. The third-order valence-electron chi connectivity index (χ3n) is 6.88. The highest BCUT2D eigenvalue weighted by atomic mass is 79.9. The Morgan fingerprint density at radius 2 is 1.74 bits per heavy atom. The molecule has 182 valence electrons. The lowest BCUT2D eigenvalue weighted by molar-refractivity contribution is 0.174. The largest absolute Gasteiger partial charge is 0.493 e. The highest BCUT2D eigenvalue weighted by Gasteiger charge is 2.34. The second kappa shape index (κ2) is 9.07. The quantitative estimate of drug-likeness (QED) is 0.497. The van der Waals surface area contributed by atoms with Crippen molar-refractivity contribution in [3.05, 3.63) is 81.2 Å². The molecule has 5 nitrogen and oxygen atoms in total. The van der Waals surface area contributed by atoms with E-state index in [1.54, 1.807) is 14.2 Å². The number of methoxy groups -OCH3 is 2. The van der Waals surface area contributed by atoms with Gasteiger partial charge in [-0.15, -0.1) is 17.0 Å². The molecule has 0 saturated carbocycles. The minimum Gasteiger partial charge on any atom is -0.493 e. The van der Waals surface area contributed by atoms with Gasteiger partial charge >= 0.3 is 0 Å². The van der Waals surface area contributed by atoms with Gasteiger partial charge in [0, 0.05) is 29.9 Å². The molecule has 1 unspecified atom stereocenters. The van der Waals surface area contributed by atoms with E-state index >= 15 is 0 Å². The summed E-state index contributed by atoms with van der Waals surface area (Å²) < 4.78 is 52.0. The van der Waals surface area contributed by atoms with Crippen LogP contribution in [0.3, 0.4) is 0 Å². The Labute approximate surface area is 211 Å². The van der Waals surface area contributed by atoms with Gasteiger partial charge in [0.15, 0.2) is 23.0 Å². The molecule has 0 fully saturated rings. The SMILES string of the molecule is Br.COc1ccc2c(c1OC)=CN1CCc3cc4c(cc3C1C=2Cc1c(F)cccc1F)OCO4. The second-order valence-corrected chi connectivity index (χ2v) is 8.59. The van der Waals surface area contributed by atoms with Crippen LogP contribution in [0.25, 0.3) is 11.8 Å². The highest BCUT2D eigenvalue weighted by Crippen LogP contribution is 2.44. The molecule has 3 aromatic rings. The van der Waals surface area contributed by atoms with Crippen molar-refractivity contribution in [2.75, 3.05) is 27.6 Å².